The number of nitrogens with zero attached hydrogens (tertiary/aromatic N) is 5. The number of halogens is 1. The lowest BCUT2D eigenvalue weighted by Crippen LogP contribution is -2.36. The lowest BCUT2D eigenvalue weighted by atomic mass is 10.0. The first-order valence-corrected chi connectivity index (χ1v) is 11.7. The van der Waals surface area contributed by atoms with Gasteiger partial charge in [-0.05, 0) is 61.6 Å². The normalized spacial score (nSPS) is 19.1. The summed E-state index contributed by atoms with van der Waals surface area (Å²) in [5.41, 5.74) is 6.59. The van der Waals surface area contributed by atoms with Crippen LogP contribution in [0.2, 0.25) is 0 Å². The summed E-state index contributed by atoms with van der Waals surface area (Å²) >= 11 is 0. The Morgan fingerprint density at radius 1 is 1.06 bits per heavy atom. The van der Waals surface area contributed by atoms with Gasteiger partial charge in [0.25, 0.3) is 0 Å². The highest BCUT2D eigenvalue weighted by Crippen LogP contribution is 2.36. The van der Waals surface area contributed by atoms with Crippen LogP contribution >= 0.6 is 0 Å². The standard InChI is InChI=1S/C27H28FN5O/c1-30(2)26-16-31(15-21(26)17-34)23-7-8-24-20(11-23)14-32-13-19(18-3-5-22(28)6-4-18)12-25(32)27-29-9-10-33(24)27/h3-13,21,26,34H,14-17H2,1-2H3/t21-,26+/m1/s1. The third-order valence-electron chi connectivity index (χ3n) is 7.28. The SMILES string of the molecule is CN(C)[C@H]1CN(c2ccc3c(c2)Cn2cc(-c4ccc(F)cc4)cc2-c2nccn2-3)C[C@@H]1CO. The summed E-state index contributed by atoms with van der Waals surface area (Å²) in [5, 5.41) is 9.90. The molecule has 6 nitrogen and oxygen atoms in total. The third-order valence-corrected chi connectivity index (χ3v) is 7.28. The summed E-state index contributed by atoms with van der Waals surface area (Å²) in [4.78, 5) is 9.26. The molecule has 2 aromatic carbocycles. The Bertz CT molecular complexity index is 1340. The summed E-state index contributed by atoms with van der Waals surface area (Å²) in [7, 11) is 4.17. The van der Waals surface area contributed by atoms with Gasteiger partial charge in [-0.1, -0.05) is 12.1 Å². The summed E-state index contributed by atoms with van der Waals surface area (Å²) in [6, 6.07) is 15.7. The quantitative estimate of drug-likeness (QED) is 0.445. The van der Waals surface area contributed by atoms with Gasteiger partial charge >= 0.3 is 0 Å². The van der Waals surface area contributed by atoms with E-state index in [9.17, 15) is 9.50 Å². The van der Waals surface area contributed by atoms with E-state index >= 15 is 0 Å². The van der Waals surface area contributed by atoms with Crippen LogP contribution < -0.4 is 4.90 Å². The molecule has 0 bridgehead atoms. The van der Waals surface area contributed by atoms with Crippen molar-refractivity contribution < 1.29 is 9.50 Å². The van der Waals surface area contributed by atoms with Crippen LogP contribution in [-0.2, 0) is 6.54 Å². The van der Waals surface area contributed by atoms with Crippen molar-refractivity contribution >= 4 is 5.69 Å². The molecule has 2 aliphatic rings. The highest BCUT2D eigenvalue weighted by Gasteiger charge is 2.34. The largest absolute Gasteiger partial charge is 0.396 e. The predicted octanol–water partition coefficient (Wildman–Crippen LogP) is 3.87. The van der Waals surface area contributed by atoms with E-state index in [4.69, 9.17) is 0 Å². The molecule has 1 saturated heterocycles. The van der Waals surface area contributed by atoms with E-state index < -0.39 is 0 Å². The van der Waals surface area contributed by atoms with Gasteiger partial charge in [-0.2, -0.15) is 0 Å². The molecular formula is C27H28FN5O. The summed E-state index contributed by atoms with van der Waals surface area (Å²) in [5.74, 6) is 0.904. The van der Waals surface area contributed by atoms with Crippen LogP contribution in [0, 0.1) is 11.7 Å². The van der Waals surface area contributed by atoms with Gasteiger partial charge in [-0.25, -0.2) is 9.37 Å². The smallest absolute Gasteiger partial charge is 0.161 e. The maximum absolute atomic E-state index is 13.4. The third kappa shape index (κ3) is 3.43. The molecule has 0 aliphatic carbocycles. The van der Waals surface area contributed by atoms with Crippen LogP contribution in [0.1, 0.15) is 5.56 Å². The van der Waals surface area contributed by atoms with Crippen molar-refractivity contribution in [1.82, 2.24) is 19.0 Å². The van der Waals surface area contributed by atoms with E-state index in [0.29, 0.717) is 6.04 Å². The van der Waals surface area contributed by atoms with Crippen LogP contribution in [0.3, 0.4) is 0 Å². The Labute approximate surface area is 198 Å². The predicted molar refractivity (Wildman–Crippen MR) is 132 cm³/mol. The fraction of sp³-hybridized carbons (Fsp3) is 0.296. The first-order valence-electron chi connectivity index (χ1n) is 11.7. The van der Waals surface area contributed by atoms with Gasteiger partial charge in [-0.15, -0.1) is 0 Å². The van der Waals surface area contributed by atoms with Crippen molar-refractivity contribution in [3.8, 4) is 28.3 Å². The highest BCUT2D eigenvalue weighted by molar-refractivity contribution is 5.72. The molecule has 0 spiro atoms. The monoisotopic (exact) mass is 457 g/mol. The number of hydrogen-bond donors (Lipinski definition) is 1. The van der Waals surface area contributed by atoms with Gasteiger partial charge in [0, 0.05) is 68.0 Å². The molecule has 7 heteroatoms. The second-order valence-electron chi connectivity index (χ2n) is 9.56. The summed E-state index contributed by atoms with van der Waals surface area (Å²) in [6.45, 7) is 2.66. The van der Waals surface area contributed by atoms with Crippen molar-refractivity contribution in [2.45, 2.75) is 12.6 Å². The number of aliphatic hydroxyl groups excluding tert-OH is 1. The van der Waals surface area contributed by atoms with Crippen molar-refractivity contribution in [1.29, 1.82) is 0 Å². The number of anilines is 1. The first-order chi connectivity index (χ1) is 16.5. The Morgan fingerprint density at radius 3 is 2.62 bits per heavy atom. The Morgan fingerprint density at radius 2 is 1.88 bits per heavy atom. The minimum absolute atomic E-state index is 0.196. The van der Waals surface area contributed by atoms with Crippen molar-refractivity contribution in [2.75, 3.05) is 38.7 Å². The van der Waals surface area contributed by atoms with Gasteiger partial charge in [0.05, 0.1) is 11.4 Å². The van der Waals surface area contributed by atoms with Crippen molar-refractivity contribution in [2.24, 2.45) is 5.92 Å². The van der Waals surface area contributed by atoms with E-state index in [1.807, 2.05) is 24.5 Å². The number of hydrogen-bond acceptors (Lipinski definition) is 4. The van der Waals surface area contributed by atoms with Crippen LogP contribution in [0.15, 0.2) is 67.1 Å². The number of rotatable bonds is 4. The molecule has 1 N–H and O–H groups in total. The van der Waals surface area contributed by atoms with E-state index in [1.54, 1.807) is 0 Å². The molecule has 2 aromatic heterocycles. The Kier molecular flexibility index (Phi) is 5.04. The maximum atomic E-state index is 13.4. The van der Waals surface area contributed by atoms with E-state index in [2.05, 4.69) is 68.5 Å². The Hall–Kier alpha value is -3.42. The maximum Gasteiger partial charge on any atom is 0.161 e. The molecule has 34 heavy (non-hydrogen) atoms. The lowest BCUT2D eigenvalue weighted by molar-refractivity contribution is 0.168. The molecule has 2 aliphatic heterocycles. The van der Waals surface area contributed by atoms with Crippen molar-refractivity contribution in [3.05, 3.63) is 78.5 Å². The van der Waals surface area contributed by atoms with Gasteiger partial charge < -0.3 is 19.5 Å². The zero-order valence-corrected chi connectivity index (χ0v) is 19.4. The molecule has 6 rings (SSSR count). The molecule has 4 heterocycles. The van der Waals surface area contributed by atoms with Crippen LogP contribution in [0.25, 0.3) is 28.3 Å². The van der Waals surface area contributed by atoms with E-state index in [1.165, 1.54) is 23.4 Å². The van der Waals surface area contributed by atoms with Crippen LogP contribution in [-0.4, -0.2) is 64.0 Å². The second-order valence-corrected chi connectivity index (χ2v) is 9.56. The van der Waals surface area contributed by atoms with Crippen LogP contribution in [0.5, 0.6) is 0 Å². The molecule has 0 unspecified atom stereocenters. The molecule has 174 valence electrons. The number of fused-ring (bicyclic) bond motifs is 5. The zero-order chi connectivity index (χ0) is 23.4. The Balaban J connectivity index is 1.39. The van der Waals surface area contributed by atoms with Gasteiger partial charge in [0.1, 0.15) is 5.82 Å². The van der Waals surface area contributed by atoms with E-state index in [-0.39, 0.29) is 18.3 Å². The minimum atomic E-state index is -0.233. The zero-order valence-electron chi connectivity index (χ0n) is 19.4. The molecule has 0 saturated carbocycles. The molecule has 0 radical (unpaired) electrons. The average Bonchev–Trinajstić information content (AvgIpc) is 3.56. The number of aromatic nitrogens is 3. The molecule has 2 atom stereocenters. The molecular weight excluding hydrogens is 429 g/mol. The van der Waals surface area contributed by atoms with Gasteiger partial charge in [0.15, 0.2) is 5.82 Å². The summed E-state index contributed by atoms with van der Waals surface area (Å²) < 4.78 is 17.8. The van der Waals surface area contributed by atoms with E-state index in [0.717, 1.165) is 48.0 Å². The number of imidazole rings is 1. The minimum Gasteiger partial charge on any atom is -0.396 e. The highest BCUT2D eigenvalue weighted by atomic mass is 19.1. The lowest BCUT2D eigenvalue weighted by Gasteiger charge is -2.24. The number of aliphatic hydroxyl groups is 1. The van der Waals surface area contributed by atoms with Crippen molar-refractivity contribution in [3.63, 3.8) is 0 Å². The van der Waals surface area contributed by atoms with Crippen LogP contribution in [0.4, 0.5) is 10.1 Å². The number of likely N-dealkylation sites (N-methyl/N-ethyl adjacent to an activating group) is 1. The average molecular weight is 458 g/mol. The fourth-order valence-corrected chi connectivity index (χ4v) is 5.46. The molecule has 1 fully saturated rings. The number of benzene rings is 2. The molecule has 4 aromatic rings. The second kappa shape index (κ2) is 8.11. The fourth-order valence-electron chi connectivity index (χ4n) is 5.46. The van der Waals surface area contributed by atoms with Gasteiger partial charge in [-0.3, -0.25) is 4.57 Å². The summed E-state index contributed by atoms with van der Waals surface area (Å²) in [6.07, 6.45) is 5.97. The first kappa shape index (κ1) is 21.1. The topological polar surface area (TPSA) is 49.5 Å². The molecule has 0 amide bonds. The van der Waals surface area contributed by atoms with Gasteiger partial charge in [0.2, 0.25) is 0 Å².